The monoisotopic (exact) mass is 308 g/mol. The summed E-state index contributed by atoms with van der Waals surface area (Å²) in [5.74, 6) is 0.322. The van der Waals surface area contributed by atoms with Crippen molar-refractivity contribution in [2.75, 3.05) is 7.11 Å². The zero-order valence-corrected chi connectivity index (χ0v) is 12.4. The lowest BCUT2D eigenvalue weighted by Crippen LogP contribution is -1.99. The molecule has 0 fully saturated rings. The predicted molar refractivity (Wildman–Crippen MR) is 80.7 cm³/mol. The van der Waals surface area contributed by atoms with E-state index in [0.717, 1.165) is 11.0 Å². The van der Waals surface area contributed by atoms with Gasteiger partial charge in [-0.1, -0.05) is 35.9 Å². The molecule has 0 saturated carbocycles. The van der Waals surface area contributed by atoms with Gasteiger partial charge in [0.15, 0.2) is 0 Å². The highest BCUT2D eigenvalue weighted by Crippen LogP contribution is 2.25. The molecule has 0 unspecified atom stereocenters. The molecule has 2 aromatic carbocycles. The van der Waals surface area contributed by atoms with Gasteiger partial charge in [0.1, 0.15) is 10.6 Å². The number of ether oxygens (including phenoxy) is 1. The summed E-state index contributed by atoms with van der Waals surface area (Å²) in [6.45, 7) is 0. The van der Waals surface area contributed by atoms with Crippen molar-refractivity contribution < 1.29 is 13.2 Å². The van der Waals surface area contributed by atoms with Crippen LogP contribution in [-0.2, 0) is 9.84 Å². The van der Waals surface area contributed by atoms with Crippen LogP contribution in [0.3, 0.4) is 0 Å². The molecule has 0 atom stereocenters. The summed E-state index contributed by atoms with van der Waals surface area (Å²) in [6, 6.07) is 13.5. The van der Waals surface area contributed by atoms with Crippen LogP contribution in [0.1, 0.15) is 5.56 Å². The number of sulfone groups is 1. The molecule has 3 nitrogen and oxygen atoms in total. The molecule has 104 valence electrons. The Morgan fingerprint density at radius 3 is 2.55 bits per heavy atom. The van der Waals surface area contributed by atoms with E-state index in [0.29, 0.717) is 10.8 Å². The van der Waals surface area contributed by atoms with Gasteiger partial charge < -0.3 is 4.74 Å². The first-order valence-corrected chi connectivity index (χ1v) is 7.77. The maximum absolute atomic E-state index is 12.3. The minimum atomic E-state index is -3.56. The molecule has 0 aromatic heterocycles. The van der Waals surface area contributed by atoms with Gasteiger partial charge in [0.25, 0.3) is 0 Å². The Kier molecular flexibility index (Phi) is 4.47. The molecular formula is C15H13ClO3S. The summed E-state index contributed by atoms with van der Waals surface area (Å²) in [4.78, 5) is 0.140. The van der Waals surface area contributed by atoms with Crippen molar-refractivity contribution >= 4 is 27.5 Å². The van der Waals surface area contributed by atoms with Crippen LogP contribution in [0.15, 0.2) is 58.8 Å². The topological polar surface area (TPSA) is 43.4 Å². The molecule has 20 heavy (non-hydrogen) atoms. The molecule has 0 radical (unpaired) electrons. The van der Waals surface area contributed by atoms with E-state index in [1.807, 2.05) is 0 Å². The summed E-state index contributed by atoms with van der Waals surface area (Å²) in [6.07, 6.45) is 1.51. The fourth-order valence-corrected chi connectivity index (χ4v) is 3.09. The number of rotatable bonds is 4. The van der Waals surface area contributed by atoms with Crippen molar-refractivity contribution in [3.63, 3.8) is 0 Å². The maximum atomic E-state index is 12.3. The van der Waals surface area contributed by atoms with Crippen LogP contribution in [0.4, 0.5) is 0 Å². The Labute approximate surface area is 123 Å². The SMILES string of the molecule is COc1ccccc1S(=O)(=O)/C=C/c1cccc(Cl)c1. The minimum absolute atomic E-state index is 0.140. The van der Waals surface area contributed by atoms with Gasteiger partial charge in [0.2, 0.25) is 9.84 Å². The summed E-state index contributed by atoms with van der Waals surface area (Å²) in [7, 11) is -2.12. The molecule has 0 bridgehead atoms. The number of hydrogen-bond acceptors (Lipinski definition) is 3. The molecule has 0 N–H and O–H groups in total. The van der Waals surface area contributed by atoms with Crippen LogP contribution in [-0.4, -0.2) is 15.5 Å². The number of para-hydroxylation sites is 1. The summed E-state index contributed by atoms with van der Waals surface area (Å²) in [5, 5.41) is 1.71. The van der Waals surface area contributed by atoms with Crippen molar-refractivity contribution in [3.8, 4) is 5.75 Å². The van der Waals surface area contributed by atoms with E-state index in [-0.39, 0.29) is 4.90 Å². The molecule has 0 amide bonds. The molecule has 0 aliphatic rings. The standard InChI is InChI=1S/C15H13ClO3S/c1-19-14-7-2-3-8-15(14)20(17,18)10-9-12-5-4-6-13(16)11-12/h2-11H,1H3/b10-9+. The van der Waals surface area contributed by atoms with E-state index >= 15 is 0 Å². The van der Waals surface area contributed by atoms with Crippen molar-refractivity contribution in [1.29, 1.82) is 0 Å². The van der Waals surface area contributed by atoms with Gasteiger partial charge in [0, 0.05) is 10.4 Å². The van der Waals surface area contributed by atoms with Gasteiger partial charge in [-0.15, -0.1) is 0 Å². The maximum Gasteiger partial charge on any atom is 0.203 e. The molecular weight excluding hydrogens is 296 g/mol. The summed E-state index contributed by atoms with van der Waals surface area (Å²) < 4.78 is 29.6. The number of methoxy groups -OCH3 is 1. The molecule has 2 aromatic rings. The van der Waals surface area contributed by atoms with Gasteiger partial charge in [-0.3, -0.25) is 0 Å². The van der Waals surface area contributed by atoms with Crippen LogP contribution in [0.25, 0.3) is 6.08 Å². The van der Waals surface area contributed by atoms with E-state index < -0.39 is 9.84 Å². The number of halogens is 1. The molecule has 0 aliphatic heterocycles. The van der Waals surface area contributed by atoms with E-state index in [2.05, 4.69) is 0 Å². The Hall–Kier alpha value is -1.78. The lowest BCUT2D eigenvalue weighted by Gasteiger charge is -2.06. The largest absolute Gasteiger partial charge is 0.495 e. The Morgan fingerprint density at radius 2 is 1.85 bits per heavy atom. The van der Waals surface area contributed by atoms with E-state index in [4.69, 9.17) is 16.3 Å². The smallest absolute Gasteiger partial charge is 0.203 e. The zero-order valence-electron chi connectivity index (χ0n) is 10.8. The number of hydrogen-bond donors (Lipinski definition) is 0. The normalized spacial score (nSPS) is 11.7. The second kappa shape index (κ2) is 6.11. The summed E-state index contributed by atoms with van der Waals surface area (Å²) >= 11 is 5.86. The highest BCUT2D eigenvalue weighted by Gasteiger charge is 2.15. The zero-order chi connectivity index (χ0) is 14.6. The van der Waals surface area contributed by atoms with Crippen molar-refractivity contribution in [2.24, 2.45) is 0 Å². The highest BCUT2D eigenvalue weighted by molar-refractivity contribution is 7.94. The molecule has 2 rings (SSSR count). The van der Waals surface area contributed by atoms with Crippen LogP contribution in [0.5, 0.6) is 5.75 Å². The Balaban J connectivity index is 2.36. The third-order valence-electron chi connectivity index (χ3n) is 2.66. The van der Waals surface area contributed by atoms with E-state index in [1.54, 1.807) is 42.5 Å². The lowest BCUT2D eigenvalue weighted by atomic mass is 10.2. The quantitative estimate of drug-likeness (QED) is 0.863. The number of benzene rings is 2. The third-order valence-corrected chi connectivity index (χ3v) is 4.34. The second-order valence-electron chi connectivity index (χ2n) is 4.05. The average Bonchev–Trinajstić information content (AvgIpc) is 2.45. The van der Waals surface area contributed by atoms with Gasteiger partial charge in [-0.2, -0.15) is 0 Å². The van der Waals surface area contributed by atoms with Gasteiger partial charge >= 0.3 is 0 Å². The molecule has 0 heterocycles. The molecule has 5 heteroatoms. The molecule has 0 spiro atoms. The first-order valence-electron chi connectivity index (χ1n) is 5.85. The first-order chi connectivity index (χ1) is 9.53. The second-order valence-corrected chi connectivity index (χ2v) is 6.29. The first kappa shape index (κ1) is 14.6. The van der Waals surface area contributed by atoms with Crippen molar-refractivity contribution in [2.45, 2.75) is 4.90 Å². The lowest BCUT2D eigenvalue weighted by molar-refractivity contribution is 0.403. The third kappa shape index (κ3) is 3.40. The van der Waals surface area contributed by atoms with Crippen LogP contribution >= 0.6 is 11.6 Å². The van der Waals surface area contributed by atoms with Crippen molar-refractivity contribution in [3.05, 3.63) is 64.5 Å². The minimum Gasteiger partial charge on any atom is -0.495 e. The highest BCUT2D eigenvalue weighted by atomic mass is 35.5. The van der Waals surface area contributed by atoms with Crippen LogP contribution in [0, 0.1) is 0 Å². The van der Waals surface area contributed by atoms with Gasteiger partial charge in [-0.25, -0.2) is 8.42 Å². The van der Waals surface area contributed by atoms with Crippen LogP contribution < -0.4 is 4.74 Å². The molecule has 0 aliphatic carbocycles. The predicted octanol–water partition coefficient (Wildman–Crippen LogP) is 3.79. The van der Waals surface area contributed by atoms with E-state index in [1.165, 1.54) is 19.3 Å². The fourth-order valence-electron chi connectivity index (χ4n) is 1.71. The Bertz CT molecular complexity index is 736. The van der Waals surface area contributed by atoms with E-state index in [9.17, 15) is 8.42 Å². The van der Waals surface area contributed by atoms with Gasteiger partial charge in [-0.05, 0) is 35.9 Å². The summed E-state index contributed by atoms with van der Waals surface area (Å²) in [5.41, 5.74) is 0.718. The molecule has 0 saturated heterocycles. The van der Waals surface area contributed by atoms with Gasteiger partial charge in [0.05, 0.1) is 7.11 Å². The van der Waals surface area contributed by atoms with Crippen LogP contribution in [0.2, 0.25) is 5.02 Å². The Morgan fingerprint density at radius 1 is 1.10 bits per heavy atom. The fraction of sp³-hybridized carbons (Fsp3) is 0.0667. The average molecular weight is 309 g/mol. The van der Waals surface area contributed by atoms with Crippen molar-refractivity contribution in [1.82, 2.24) is 0 Å².